The maximum absolute atomic E-state index is 13.2. The lowest BCUT2D eigenvalue weighted by atomic mass is 9.93. The normalized spacial score (nSPS) is 11.7. The zero-order chi connectivity index (χ0) is 25.2. The molecule has 1 unspecified atom stereocenters. The molecule has 0 radical (unpaired) electrons. The van der Waals surface area contributed by atoms with Gasteiger partial charge in [0.25, 0.3) is 5.91 Å². The SMILES string of the molecule is CSCCC(NC(=O)c1ccc(COCCc2cccc(Br)c2)cc1-c1ccccc1C)C(=O)O. The van der Waals surface area contributed by atoms with Gasteiger partial charge in [0.2, 0.25) is 0 Å². The van der Waals surface area contributed by atoms with Crippen LogP contribution in [0.15, 0.2) is 71.2 Å². The van der Waals surface area contributed by atoms with E-state index in [0.29, 0.717) is 31.0 Å². The van der Waals surface area contributed by atoms with Crippen molar-refractivity contribution in [3.63, 3.8) is 0 Å². The zero-order valence-corrected chi connectivity index (χ0v) is 22.3. The van der Waals surface area contributed by atoms with Gasteiger partial charge in [-0.1, -0.05) is 58.4 Å². The number of aryl methyl sites for hydroxylation is 1. The summed E-state index contributed by atoms with van der Waals surface area (Å²) in [5, 5.41) is 12.2. The smallest absolute Gasteiger partial charge is 0.326 e. The minimum atomic E-state index is -1.03. The molecule has 0 bridgehead atoms. The molecule has 0 spiro atoms. The molecule has 7 heteroatoms. The minimum absolute atomic E-state index is 0.367. The summed E-state index contributed by atoms with van der Waals surface area (Å²) in [6.45, 7) is 2.99. The number of amides is 1. The highest BCUT2D eigenvalue weighted by atomic mass is 79.9. The summed E-state index contributed by atoms with van der Waals surface area (Å²) in [6.07, 6.45) is 3.08. The Morgan fingerprint density at radius 1 is 1.03 bits per heavy atom. The molecule has 35 heavy (non-hydrogen) atoms. The van der Waals surface area contributed by atoms with Crippen molar-refractivity contribution < 1.29 is 19.4 Å². The Labute approximate surface area is 219 Å². The molecule has 1 amide bonds. The molecule has 0 fully saturated rings. The molecule has 184 valence electrons. The Balaban J connectivity index is 1.78. The van der Waals surface area contributed by atoms with Crippen molar-refractivity contribution in [2.75, 3.05) is 18.6 Å². The van der Waals surface area contributed by atoms with Crippen molar-refractivity contribution in [3.05, 3.63) is 93.5 Å². The van der Waals surface area contributed by atoms with E-state index in [1.807, 2.05) is 61.7 Å². The van der Waals surface area contributed by atoms with E-state index in [0.717, 1.165) is 33.1 Å². The van der Waals surface area contributed by atoms with Gasteiger partial charge in [0.05, 0.1) is 13.2 Å². The molecule has 0 saturated carbocycles. The monoisotopic (exact) mass is 555 g/mol. The van der Waals surface area contributed by atoms with E-state index >= 15 is 0 Å². The largest absolute Gasteiger partial charge is 0.480 e. The maximum Gasteiger partial charge on any atom is 0.326 e. The molecule has 1 atom stereocenters. The van der Waals surface area contributed by atoms with Crippen LogP contribution in [-0.2, 0) is 22.6 Å². The fourth-order valence-corrected chi connectivity index (χ4v) is 4.70. The molecule has 5 nitrogen and oxygen atoms in total. The predicted octanol–water partition coefficient (Wildman–Crippen LogP) is 6.12. The van der Waals surface area contributed by atoms with Crippen LogP contribution in [0.2, 0.25) is 0 Å². The molecule has 0 aliphatic carbocycles. The van der Waals surface area contributed by atoms with Gasteiger partial charge in [0.1, 0.15) is 6.04 Å². The molecule has 0 saturated heterocycles. The lowest BCUT2D eigenvalue weighted by molar-refractivity contribution is -0.139. The maximum atomic E-state index is 13.2. The second-order valence-corrected chi connectivity index (χ2v) is 10.2. The fourth-order valence-electron chi connectivity index (χ4n) is 3.78. The Morgan fingerprint density at radius 3 is 2.54 bits per heavy atom. The summed E-state index contributed by atoms with van der Waals surface area (Å²) in [6, 6.07) is 20.7. The Hall–Kier alpha value is -2.61. The predicted molar refractivity (Wildman–Crippen MR) is 146 cm³/mol. The zero-order valence-electron chi connectivity index (χ0n) is 19.9. The van der Waals surface area contributed by atoms with Crippen LogP contribution in [0.25, 0.3) is 11.1 Å². The lowest BCUT2D eigenvalue weighted by Gasteiger charge is -2.17. The van der Waals surface area contributed by atoms with Crippen molar-refractivity contribution in [1.29, 1.82) is 0 Å². The summed E-state index contributed by atoms with van der Waals surface area (Å²) >= 11 is 5.04. The van der Waals surface area contributed by atoms with Crippen molar-refractivity contribution in [2.24, 2.45) is 0 Å². The number of aliphatic carboxylic acids is 1. The van der Waals surface area contributed by atoms with Crippen molar-refractivity contribution in [1.82, 2.24) is 5.32 Å². The Kier molecular flexibility index (Phi) is 10.4. The summed E-state index contributed by atoms with van der Waals surface area (Å²) in [5.41, 5.74) is 5.33. The number of ether oxygens (including phenoxy) is 1. The van der Waals surface area contributed by atoms with Gasteiger partial charge in [0, 0.05) is 10.0 Å². The summed E-state index contributed by atoms with van der Waals surface area (Å²) < 4.78 is 6.98. The molecular formula is C28H30BrNO4S. The second kappa shape index (κ2) is 13.5. The number of carboxylic acids is 1. The number of nitrogens with one attached hydrogen (secondary N) is 1. The highest BCUT2D eigenvalue weighted by Crippen LogP contribution is 2.28. The van der Waals surface area contributed by atoms with Gasteiger partial charge in [-0.25, -0.2) is 4.79 Å². The van der Waals surface area contributed by atoms with Crippen LogP contribution in [-0.4, -0.2) is 41.6 Å². The van der Waals surface area contributed by atoms with Gasteiger partial charge in [-0.05, 0) is 83.9 Å². The molecule has 0 heterocycles. The average Bonchev–Trinajstić information content (AvgIpc) is 2.84. The lowest BCUT2D eigenvalue weighted by Crippen LogP contribution is -2.41. The third-order valence-electron chi connectivity index (χ3n) is 5.67. The van der Waals surface area contributed by atoms with Gasteiger partial charge in [-0.3, -0.25) is 4.79 Å². The van der Waals surface area contributed by atoms with Crippen molar-refractivity contribution >= 4 is 39.6 Å². The topological polar surface area (TPSA) is 75.6 Å². The van der Waals surface area contributed by atoms with Gasteiger partial charge in [-0.2, -0.15) is 11.8 Å². The van der Waals surface area contributed by atoms with E-state index in [4.69, 9.17) is 4.74 Å². The van der Waals surface area contributed by atoms with E-state index < -0.39 is 12.0 Å². The highest BCUT2D eigenvalue weighted by Gasteiger charge is 2.22. The number of carboxylic acid groups (broad SMARTS) is 1. The van der Waals surface area contributed by atoms with Gasteiger partial charge in [0.15, 0.2) is 0 Å². The summed E-state index contributed by atoms with van der Waals surface area (Å²) in [7, 11) is 0. The number of benzene rings is 3. The third-order valence-corrected chi connectivity index (χ3v) is 6.81. The molecule has 3 aromatic carbocycles. The first kappa shape index (κ1) is 27.0. The van der Waals surface area contributed by atoms with Gasteiger partial charge < -0.3 is 15.2 Å². The first-order valence-corrected chi connectivity index (χ1v) is 13.6. The molecular weight excluding hydrogens is 526 g/mol. The summed E-state index contributed by atoms with van der Waals surface area (Å²) in [5.74, 6) is -0.767. The number of rotatable bonds is 12. The third kappa shape index (κ3) is 7.95. The standard InChI is InChI=1S/C28H30BrNO4S/c1-19-6-3-4-9-23(19)25-17-21(18-34-14-12-20-7-5-8-22(29)16-20)10-11-24(25)27(31)30-26(28(32)33)13-15-35-2/h3-11,16-17,26H,12-15,18H2,1-2H3,(H,30,31)(H,32,33). The van der Waals surface area contributed by atoms with Crippen LogP contribution in [0.4, 0.5) is 0 Å². The molecule has 0 aliphatic rings. The van der Waals surface area contributed by atoms with Crippen molar-refractivity contribution in [3.8, 4) is 11.1 Å². The number of carbonyl (C=O) groups is 2. The second-order valence-electron chi connectivity index (χ2n) is 8.27. The van der Waals surface area contributed by atoms with Gasteiger partial charge in [-0.15, -0.1) is 0 Å². The number of halogens is 1. The quantitative estimate of drug-likeness (QED) is 0.263. The minimum Gasteiger partial charge on any atom is -0.480 e. The molecule has 0 aromatic heterocycles. The van der Waals surface area contributed by atoms with E-state index in [-0.39, 0.29) is 5.91 Å². The fraction of sp³-hybridized carbons (Fsp3) is 0.286. The number of hydrogen-bond acceptors (Lipinski definition) is 4. The molecule has 2 N–H and O–H groups in total. The number of carbonyl (C=O) groups excluding carboxylic acids is 1. The van der Waals surface area contributed by atoms with Crippen LogP contribution >= 0.6 is 27.7 Å². The van der Waals surface area contributed by atoms with Crippen LogP contribution in [0, 0.1) is 6.92 Å². The Morgan fingerprint density at radius 2 is 1.83 bits per heavy atom. The number of thioether (sulfide) groups is 1. The van der Waals surface area contributed by atoms with Crippen LogP contribution in [0.3, 0.4) is 0 Å². The number of hydrogen-bond donors (Lipinski definition) is 2. The first-order valence-electron chi connectivity index (χ1n) is 11.4. The van der Waals surface area contributed by atoms with Crippen LogP contribution in [0.1, 0.15) is 33.5 Å². The highest BCUT2D eigenvalue weighted by molar-refractivity contribution is 9.10. The first-order chi connectivity index (χ1) is 16.9. The van der Waals surface area contributed by atoms with Gasteiger partial charge >= 0.3 is 5.97 Å². The van der Waals surface area contributed by atoms with Crippen LogP contribution in [0.5, 0.6) is 0 Å². The summed E-state index contributed by atoms with van der Waals surface area (Å²) in [4.78, 5) is 24.8. The van der Waals surface area contributed by atoms with E-state index in [9.17, 15) is 14.7 Å². The molecule has 3 rings (SSSR count). The van der Waals surface area contributed by atoms with E-state index in [1.165, 1.54) is 5.56 Å². The van der Waals surface area contributed by atoms with Crippen molar-refractivity contribution in [2.45, 2.75) is 32.4 Å². The Bertz CT molecular complexity index is 1170. The molecule has 3 aromatic rings. The van der Waals surface area contributed by atoms with E-state index in [1.54, 1.807) is 17.8 Å². The average molecular weight is 557 g/mol. The molecule has 0 aliphatic heterocycles. The van der Waals surface area contributed by atoms with E-state index in [2.05, 4.69) is 33.4 Å². The van der Waals surface area contributed by atoms with Crippen LogP contribution < -0.4 is 5.32 Å².